The summed E-state index contributed by atoms with van der Waals surface area (Å²) in [6.07, 6.45) is 0.195. The van der Waals surface area contributed by atoms with E-state index in [1.54, 1.807) is 16.8 Å². The van der Waals surface area contributed by atoms with E-state index in [0.717, 1.165) is 16.5 Å². The maximum Gasteiger partial charge on any atom is 0.230 e. The van der Waals surface area contributed by atoms with E-state index in [1.807, 2.05) is 37.4 Å². The average molecular weight is 347 g/mol. The summed E-state index contributed by atoms with van der Waals surface area (Å²) in [6.45, 7) is 3.92. The SMILES string of the molecule is Cc1cc(C)n(-c2nc(CC(=O)Nc3ccccc3Cl)cs2)n1. The molecule has 1 amide bonds. The third-order valence-corrected chi connectivity index (χ3v) is 4.41. The minimum absolute atomic E-state index is 0.150. The Morgan fingerprint density at radius 1 is 1.35 bits per heavy atom. The monoisotopic (exact) mass is 346 g/mol. The molecule has 23 heavy (non-hydrogen) atoms. The lowest BCUT2D eigenvalue weighted by atomic mass is 10.3. The Morgan fingerprint density at radius 2 is 2.13 bits per heavy atom. The lowest BCUT2D eigenvalue weighted by molar-refractivity contribution is -0.115. The van der Waals surface area contributed by atoms with Gasteiger partial charge in [-0.05, 0) is 32.0 Å². The summed E-state index contributed by atoms with van der Waals surface area (Å²) in [6, 6.07) is 9.14. The average Bonchev–Trinajstić information content (AvgIpc) is 3.07. The molecule has 0 aliphatic carbocycles. The summed E-state index contributed by atoms with van der Waals surface area (Å²) in [5.74, 6) is -0.150. The molecule has 0 aliphatic rings. The molecule has 0 unspecified atom stereocenters. The third kappa shape index (κ3) is 3.60. The van der Waals surface area contributed by atoms with Crippen molar-refractivity contribution in [1.29, 1.82) is 0 Å². The van der Waals surface area contributed by atoms with Gasteiger partial charge >= 0.3 is 0 Å². The van der Waals surface area contributed by atoms with Gasteiger partial charge in [0.15, 0.2) is 0 Å². The normalized spacial score (nSPS) is 10.7. The number of hydrogen-bond donors (Lipinski definition) is 1. The molecule has 2 aromatic heterocycles. The summed E-state index contributed by atoms with van der Waals surface area (Å²) < 4.78 is 1.79. The Labute approximate surface area is 142 Å². The second-order valence-electron chi connectivity index (χ2n) is 5.17. The molecule has 3 rings (SSSR count). The molecule has 0 fully saturated rings. The molecule has 0 atom stereocenters. The molecule has 0 aliphatic heterocycles. The highest BCUT2D eigenvalue weighted by molar-refractivity contribution is 7.12. The number of benzene rings is 1. The van der Waals surface area contributed by atoms with Crippen molar-refractivity contribution in [3.63, 3.8) is 0 Å². The Kier molecular flexibility index (Phi) is 4.45. The Bertz CT molecular complexity index is 855. The van der Waals surface area contributed by atoms with Gasteiger partial charge in [-0.15, -0.1) is 11.3 Å². The van der Waals surface area contributed by atoms with Crippen LogP contribution < -0.4 is 5.32 Å². The Hall–Kier alpha value is -2.18. The number of aromatic nitrogens is 3. The number of anilines is 1. The van der Waals surface area contributed by atoms with E-state index < -0.39 is 0 Å². The van der Waals surface area contributed by atoms with Crippen LogP contribution in [0.15, 0.2) is 35.7 Å². The van der Waals surface area contributed by atoms with Crippen LogP contribution in [0.5, 0.6) is 0 Å². The van der Waals surface area contributed by atoms with Crippen LogP contribution in [-0.2, 0) is 11.2 Å². The minimum atomic E-state index is -0.150. The van der Waals surface area contributed by atoms with Gasteiger partial charge in [0.25, 0.3) is 0 Å². The van der Waals surface area contributed by atoms with Crippen molar-refractivity contribution in [2.45, 2.75) is 20.3 Å². The number of carbonyl (C=O) groups is 1. The number of aryl methyl sites for hydroxylation is 2. The fraction of sp³-hybridized carbons (Fsp3) is 0.188. The molecule has 0 spiro atoms. The number of thiazole rings is 1. The molecule has 3 aromatic rings. The molecule has 1 aromatic carbocycles. The van der Waals surface area contributed by atoms with Gasteiger partial charge in [0, 0.05) is 11.1 Å². The van der Waals surface area contributed by atoms with Gasteiger partial charge in [0.1, 0.15) is 0 Å². The zero-order valence-corrected chi connectivity index (χ0v) is 14.3. The van der Waals surface area contributed by atoms with Crippen LogP contribution in [0.2, 0.25) is 5.02 Å². The summed E-state index contributed by atoms with van der Waals surface area (Å²) in [5.41, 5.74) is 3.27. The van der Waals surface area contributed by atoms with E-state index >= 15 is 0 Å². The van der Waals surface area contributed by atoms with Crippen LogP contribution in [0.3, 0.4) is 0 Å². The number of amides is 1. The first kappa shape index (κ1) is 15.7. The largest absolute Gasteiger partial charge is 0.324 e. The highest BCUT2D eigenvalue weighted by Crippen LogP contribution is 2.21. The van der Waals surface area contributed by atoms with Crippen molar-refractivity contribution in [3.8, 4) is 5.13 Å². The predicted molar refractivity (Wildman–Crippen MR) is 92.5 cm³/mol. The second-order valence-corrected chi connectivity index (χ2v) is 6.41. The van der Waals surface area contributed by atoms with Gasteiger partial charge in [0.05, 0.1) is 28.5 Å². The molecule has 0 saturated heterocycles. The highest BCUT2D eigenvalue weighted by Gasteiger charge is 2.12. The second kappa shape index (κ2) is 6.52. The smallest absolute Gasteiger partial charge is 0.230 e. The van der Waals surface area contributed by atoms with Crippen LogP contribution in [0.1, 0.15) is 17.1 Å². The summed E-state index contributed by atoms with van der Waals surface area (Å²) in [7, 11) is 0. The van der Waals surface area contributed by atoms with Crippen LogP contribution in [0, 0.1) is 13.8 Å². The Morgan fingerprint density at radius 3 is 2.83 bits per heavy atom. The van der Waals surface area contributed by atoms with Crippen LogP contribution >= 0.6 is 22.9 Å². The molecule has 0 radical (unpaired) electrons. The summed E-state index contributed by atoms with van der Waals surface area (Å²) >= 11 is 7.50. The molecule has 5 nitrogen and oxygen atoms in total. The highest BCUT2D eigenvalue weighted by atomic mass is 35.5. The maximum atomic E-state index is 12.1. The van der Waals surface area contributed by atoms with E-state index in [4.69, 9.17) is 11.6 Å². The lowest BCUT2D eigenvalue weighted by Crippen LogP contribution is -2.15. The van der Waals surface area contributed by atoms with Crippen molar-refractivity contribution in [2.75, 3.05) is 5.32 Å². The van der Waals surface area contributed by atoms with Crippen molar-refractivity contribution < 1.29 is 4.79 Å². The summed E-state index contributed by atoms with van der Waals surface area (Å²) in [5, 5.41) is 10.3. The minimum Gasteiger partial charge on any atom is -0.324 e. The van der Waals surface area contributed by atoms with E-state index in [1.165, 1.54) is 11.3 Å². The topological polar surface area (TPSA) is 59.8 Å². The summed E-state index contributed by atoms with van der Waals surface area (Å²) in [4.78, 5) is 16.6. The molecule has 1 N–H and O–H groups in total. The van der Waals surface area contributed by atoms with E-state index in [9.17, 15) is 4.79 Å². The van der Waals surface area contributed by atoms with Gasteiger partial charge < -0.3 is 5.32 Å². The number of rotatable bonds is 4. The first-order valence-electron chi connectivity index (χ1n) is 7.05. The predicted octanol–water partition coefficient (Wildman–Crippen LogP) is 3.78. The van der Waals surface area contributed by atoms with Crippen molar-refractivity contribution >= 4 is 34.5 Å². The van der Waals surface area contributed by atoms with Crippen molar-refractivity contribution in [1.82, 2.24) is 14.8 Å². The molecule has 0 saturated carbocycles. The Balaban J connectivity index is 1.71. The third-order valence-electron chi connectivity index (χ3n) is 3.22. The zero-order chi connectivity index (χ0) is 16.4. The molecular formula is C16H15ClN4OS. The van der Waals surface area contributed by atoms with Gasteiger partial charge in [-0.1, -0.05) is 23.7 Å². The van der Waals surface area contributed by atoms with Gasteiger partial charge in [-0.25, -0.2) is 9.67 Å². The number of para-hydroxylation sites is 1. The molecule has 118 valence electrons. The van der Waals surface area contributed by atoms with Crippen molar-refractivity contribution in [3.05, 3.63) is 57.8 Å². The molecule has 0 bridgehead atoms. The van der Waals surface area contributed by atoms with Crippen LogP contribution in [0.4, 0.5) is 5.69 Å². The van der Waals surface area contributed by atoms with Gasteiger partial charge in [-0.3, -0.25) is 4.79 Å². The van der Waals surface area contributed by atoms with E-state index in [-0.39, 0.29) is 12.3 Å². The van der Waals surface area contributed by atoms with Crippen LogP contribution in [-0.4, -0.2) is 20.7 Å². The van der Waals surface area contributed by atoms with E-state index in [0.29, 0.717) is 16.4 Å². The number of nitrogens with one attached hydrogen (secondary N) is 1. The maximum absolute atomic E-state index is 12.1. The standard InChI is InChI=1S/C16H15ClN4OS/c1-10-7-11(2)21(20-10)16-18-12(9-23-16)8-15(22)19-14-6-4-3-5-13(14)17/h3-7,9H,8H2,1-2H3,(H,19,22). The van der Waals surface area contributed by atoms with Gasteiger partial charge in [-0.2, -0.15) is 5.10 Å². The number of halogens is 1. The number of carbonyl (C=O) groups excluding carboxylic acids is 1. The number of hydrogen-bond acceptors (Lipinski definition) is 4. The fourth-order valence-corrected chi connectivity index (χ4v) is 3.23. The van der Waals surface area contributed by atoms with Gasteiger partial charge in [0.2, 0.25) is 11.0 Å². The first-order valence-corrected chi connectivity index (χ1v) is 8.31. The molecule has 2 heterocycles. The quantitative estimate of drug-likeness (QED) is 0.782. The fourth-order valence-electron chi connectivity index (χ4n) is 2.22. The van der Waals surface area contributed by atoms with Crippen LogP contribution in [0.25, 0.3) is 5.13 Å². The van der Waals surface area contributed by atoms with E-state index in [2.05, 4.69) is 15.4 Å². The first-order chi connectivity index (χ1) is 11.0. The molecule has 7 heteroatoms. The van der Waals surface area contributed by atoms with Crippen molar-refractivity contribution in [2.24, 2.45) is 0 Å². The lowest BCUT2D eigenvalue weighted by Gasteiger charge is -2.05. The number of nitrogens with zero attached hydrogens (tertiary/aromatic N) is 3. The molecular weight excluding hydrogens is 332 g/mol. The zero-order valence-electron chi connectivity index (χ0n) is 12.7.